The number of amides is 1. The molecule has 2 rings (SSSR count). The number of unbranched alkanes of at least 4 members (excludes halogenated alkanes) is 1. The highest BCUT2D eigenvalue weighted by molar-refractivity contribution is 5.88. The molecule has 0 saturated carbocycles. The average Bonchev–Trinajstić information content (AvgIpc) is 2.63. The predicted molar refractivity (Wildman–Crippen MR) is 69.7 cm³/mol. The van der Waals surface area contributed by atoms with Gasteiger partial charge in [0.05, 0.1) is 0 Å². The van der Waals surface area contributed by atoms with E-state index in [1.165, 1.54) is 4.90 Å². The fourth-order valence-electron chi connectivity index (χ4n) is 2.55. The van der Waals surface area contributed by atoms with Gasteiger partial charge in [0, 0.05) is 13.0 Å². The molecule has 2 aliphatic rings. The Balaban J connectivity index is 1.64. The molecule has 0 aromatic heterocycles. The smallest absolute Gasteiger partial charge is 0.326 e. The van der Waals surface area contributed by atoms with Crippen molar-refractivity contribution in [3.8, 4) is 0 Å². The van der Waals surface area contributed by atoms with Crippen molar-refractivity contribution in [3.63, 3.8) is 0 Å². The summed E-state index contributed by atoms with van der Waals surface area (Å²) in [5.41, 5.74) is 0. The topological polar surface area (TPSA) is 72.9 Å². The highest BCUT2D eigenvalue weighted by atomic mass is 16.5. The lowest BCUT2D eigenvalue weighted by atomic mass is 10.1. The second-order valence-electron chi connectivity index (χ2n) is 5.33. The highest BCUT2D eigenvalue weighted by Crippen LogP contribution is 2.18. The molecule has 1 atom stereocenters. The van der Waals surface area contributed by atoms with Gasteiger partial charge in [0.1, 0.15) is 12.6 Å². The Hall–Kier alpha value is -1.59. The standard InChI is InChI=1S/C14H21NO5/c16-12-10-19-14(18)9-15(12)8-4-3-6-11-5-1-2-7-13(17)20-11/h11H,1-10H2. The van der Waals surface area contributed by atoms with Gasteiger partial charge in [0.25, 0.3) is 5.91 Å². The summed E-state index contributed by atoms with van der Waals surface area (Å²) in [6.45, 7) is 0.477. The molecule has 20 heavy (non-hydrogen) atoms. The maximum absolute atomic E-state index is 11.5. The Bertz CT molecular complexity index is 382. The van der Waals surface area contributed by atoms with Gasteiger partial charge < -0.3 is 14.4 Å². The molecular formula is C14H21NO5. The van der Waals surface area contributed by atoms with Gasteiger partial charge in [-0.05, 0) is 38.5 Å². The summed E-state index contributed by atoms with van der Waals surface area (Å²) in [6.07, 6.45) is 5.96. The summed E-state index contributed by atoms with van der Waals surface area (Å²) in [4.78, 5) is 35.5. The van der Waals surface area contributed by atoms with Crippen LogP contribution in [0.2, 0.25) is 0 Å². The van der Waals surface area contributed by atoms with Crippen LogP contribution in [-0.2, 0) is 23.9 Å². The molecule has 2 fully saturated rings. The minimum absolute atomic E-state index is 0.0204. The largest absolute Gasteiger partial charge is 0.462 e. The first-order valence-corrected chi connectivity index (χ1v) is 7.28. The number of ether oxygens (including phenoxy) is 2. The van der Waals surface area contributed by atoms with E-state index in [9.17, 15) is 14.4 Å². The quantitative estimate of drug-likeness (QED) is 0.556. The van der Waals surface area contributed by atoms with Crippen LogP contribution in [-0.4, -0.2) is 48.5 Å². The lowest BCUT2D eigenvalue weighted by Gasteiger charge is -2.25. The molecule has 0 aromatic carbocycles. The Labute approximate surface area is 118 Å². The van der Waals surface area contributed by atoms with Crippen LogP contribution in [0.3, 0.4) is 0 Å². The van der Waals surface area contributed by atoms with Gasteiger partial charge in [-0.2, -0.15) is 0 Å². The van der Waals surface area contributed by atoms with Crippen molar-refractivity contribution < 1.29 is 23.9 Å². The lowest BCUT2D eigenvalue weighted by molar-refractivity contribution is -0.162. The third kappa shape index (κ3) is 4.51. The molecule has 0 aromatic rings. The minimum atomic E-state index is -0.345. The van der Waals surface area contributed by atoms with Gasteiger partial charge in [0.15, 0.2) is 6.61 Å². The van der Waals surface area contributed by atoms with Crippen LogP contribution in [0, 0.1) is 0 Å². The number of nitrogens with zero attached hydrogens (tertiary/aromatic N) is 1. The maximum atomic E-state index is 11.5. The van der Waals surface area contributed by atoms with Gasteiger partial charge >= 0.3 is 11.9 Å². The van der Waals surface area contributed by atoms with Gasteiger partial charge in [-0.15, -0.1) is 0 Å². The molecule has 112 valence electrons. The number of rotatable bonds is 5. The van der Waals surface area contributed by atoms with E-state index in [0.29, 0.717) is 13.0 Å². The third-order valence-corrected chi connectivity index (χ3v) is 3.69. The van der Waals surface area contributed by atoms with Gasteiger partial charge in [-0.25, -0.2) is 0 Å². The van der Waals surface area contributed by atoms with Crippen molar-refractivity contribution in [2.45, 2.75) is 51.0 Å². The van der Waals surface area contributed by atoms with Crippen molar-refractivity contribution >= 4 is 17.8 Å². The number of carbonyl (C=O) groups is 3. The first-order chi connectivity index (χ1) is 9.65. The van der Waals surface area contributed by atoms with Gasteiger partial charge in [0.2, 0.25) is 0 Å². The molecule has 1 amide bonds. The zero-order valence-corrected chi connectivity index (χ0v) is 11.6. The van der Waals surface area contributed by atoms with Crippen molar-refractivity contribution in [3.05, 3.63) is 0 Å². The second-order valence-corrected chi connectivity index (χ2v) is 5.33. The summed E-state index contributed by atoms with van der Waals surface area (Å²) in [5, 5.41) is 0. The van der Waals surface area contributed by atoms with E-state index in [-0.39, 0.29) is 37.1 Å². The molecule has 0 aliphatic carbocycles. The molecule has 2 heterocycles. The van der Waals surface area contributed by atoms with Crippen molar-refractivity contribution in [1.29, 1.82) is 0 Å². The molecule has 0 radical (unpaired) electrons. The molecule has 6 nitrogen and oxygen atoms in total. The Morgan fingerprint density at radius 3 is 2.80 bits per heavy atom. The van der Waals surface area contributed by atoms with Crippen LogP contribution >= 0.6 is 0 Å². The van der Waals surface area contributed by atoms with Gasteiger partial charge in [-0.1, -0.05) is 0 Å². The normalized spacial score (nSPS) is 24.1. The highest BCUT2D eigenvalue weighted by Gasteiger charge is 2.24. The maximum Gasteiger partial charge on any atom is 0.326 e. The monoisotopic (exact) mass is 283 g/mol. The summed E-state index contributed by atoms with van der Waals surface area (Å²) < 4.78 is 10.0. The summed E-state index contributed by atoms with van der Waals surface area (Å²) in [6, 6.07) is 0. The molecule has 0 bridgehead atoms. The van der Waals surface area contributed by atoms with Crippen LogP contribution in [0.25, 0.3) is 0 Å². The molecule has 0 spiro atoms. The number of hydrogen-bond acceptors (Lipinski definition) is 5. The minimum Gasteiger partial charge on any atom is -0.462 e. The zero-order valence-electron chi connectivity index (χ0n) is 11.6. The van der Waals surface area contributed by atoms with Crippen LogP contribution in [0.15, 0.2) is 0 Å². The zero-order chi connectivity index (χ0) is 14.4. The van der Waals surface area contributed by atoms with E-state index < -0.39 is 0 Å². The van der Waals surface area contributed by atoms with E-state index in [0.717, 1.165) is 38.5 Å². The first kappa shape index (κ1) is 14.8. The van der Waals surface area contributed by atoms with Crippen molar-refractivity contribution in [1.82, 2.24) is 4.90 Å². The van der Waals surface area contributed by atoms with E-state index >= 15 is 0 Å². The number of carbonyl (C=O) groups excluding carboxylic acids is 3. The number of cyclic esters (lactones) is 2. The summed E-state index contributed by atoms with van der Waals surface area (Å²) in [7, 11) is 0. The molecule has 0 N–H and O–H groups in total. The van der Waals surface area contributed by atoms with E-state index in [4.69, 9.17) is 4.74 Å². The third-order valence-electron chi connectivity index (χ3n) is 3.69. The molecular weight excluding hydrogens is 262 g/mol. The Morgan fingerprint density at radius 1 is 1.10 bits per heavy atom. The molecule has 2 aliphatic heterocycles. The fourth-order valence-corrected chi connectivity index (χ4v) is 2.55. The number of esters is 2. The van der Waals surface area contributed by atoms with Crippen LogP contribution < -0.4 is 0 Å². The fraction of sp³-hybridized carbons (Fsp3) is 0.786. The predicted octanol–water partition coefficient (Wildman–Crippen LogP) is 1.03. The SMILES string of the molecule is O=C1CN(CCCCC2CCCCC(=O)O2)C(=O)CO1. The van der Waals surface area contributed by atoms with Crippen molar-refractivity contribution in [2.24, 2.45) is 0 Å². The van der Waals surface area contributed by atoms with Crippen LogP contribution in [0.1, 0.15) is 44.9 Å². The molecule has 2 saturated heterocycles. The summed E-state index contributed by atoms with van der Waals surface area (Å²) in [5.74, 6) is -0.575. The average molecular weight is 283 g/mol. The number of morpholine rings is 1. The molecule has 6 heteroatoms. The lowest BCUT2D eigenvalue weighted by Crippen LogP contribution is -2.44. The first-order valence-electron chi connectivity index (χ1n) is 7.28. The van der Waals surface area contributed by atoms with Gasteiger partial charge in [-0.3, -0.25) is 14.4 Å². The summed E-state index contributed by atoms with van der Waals surface area (Å²) >= 11 is 0. The van der Waals surface area contributed by atoms with E-state index in [1.54, 1.807) is 0 Å². The van der Waals surface area contributed by atoms with Crippen LogP contribution in [0.5, 0.6) is 0 Å². The van der Waals surface area contributed by atoms with Crippen molar-refractivity contribution in [2.75, 3.05) is 19.7 Å². The Kier molecular flexibility index (Phi) is 5.38. The number of hydrogen-bond donors (Lipinski definition) is 0. The second kappa shape index (κ2) is 7.26. The van der Waals surface area contributed by atoms with Crippen LogP contribution in [0.4, 0.5) is 0 Å². The van der Waals surface area contributed by atoms with E-state index in [2.05, 4.69) is 4.74 Å². The Morgan fingerprint density at radius 2 is 1.95 bits per heavy atom. The van der Waals surface area contributed by atoms with E-state index in [1.807, 2.05) is 0 Å². The molecule has 1 unspecified atom stereocenters.